The number of carboxylic acids is 1. The number of carbonyl (C=O) groups is 3. The van der Waals surface area contributed by atoms with Crippen molar-refractivity contribution in [2.45, 2.75) is 22.9 Å². The van der Waals surface area contributed by atoms with Crippen LogP contribution in [0.4, 0.5) is 5.13 Å². The molecule has 0 saturated carbocycles. The van der Waals surface area contributed by atoms with Gasteiger partial charge in [-0.1, -0.05) is 11.2 Å². The number of hydrogen-bond donors (Lipinski definition) is 7. The number of carbonyl (C=O) groups excluding carboxylic acids is 2. The Morgan fingerprint density at radius 1 is 1.09 bits per heavy atom. The van der Waals surface area contributed by atoms with E-state index in [2.05, 4.69) is 15.5 Å². The lowest BCUT2D eigenvalue weighted by Crippen LogP contribution is -2.71. The first kappa shape index (κ1) is 31.4. The minimum Gasteiger partial charge on any atom is -0.504 e. The maximum Gasteiger partial charge on any atom is 0.352 e. The number of nitrogen functional groups attached to an aromatic ring is 1. The van der Waals surface area contributed by atoms with Crippen molar-refractivity contribution < 1.29 is 53.2 Å². The van der Waals surface area contributed by atoms with Gasteiger partial charge in [-0.05, 0) is 35.4 Å². The molecule has 0 aliphatic carbocycles. The fourth-order valence-corrected chi connectivity index (χ4v) is 7.90. The molecule has 0 spiro atoms. The second-order valence-corrected chi connectivity index (χ2v) is 13.6. The molecular formula is C26H23N5O11S3. The largest absolute Gasteiger partial charge is 0.504 e. The van der Waals surface area contributed by atoms with Crippen molar-refractivity contribution in [2.75, 3.05) is 17.2 Å². The predicted octanol–water partition coefficient (Wildman–Crippen LogP) is 0.681. The van der Waals surface area contributed by atoms with Gasteiger partial charge in [0.05, 0.1) is 10.6 Å². The quantitative estimate of drug-likeness (QED) is 0.0674. The lowest BCUT2D eigenvalue weighted by Gasteiger charge is -2.49. The molecule has 0 radical (unpaired) electrons. The first-order chi connectivity index (χ1) is 21.3. The number of phenolic OH excluding ortho intramolecular Hbond substituents is 4. The molecule has 3 heterocycles. The Labute approximate surface area is 262 Å². The maximum atomic E-state index is 13.3. The number of aromatic hydroxyl groups is 4. The Bertz CT molecular complexity index is 1890. The first-order valence-electron chi connectivity index (χ1n) is 12.6. The summed E-state index contributed by atoms with van der Waals surface area (Å²) in [6, 6.07) is 5.58. The lowest BCUT2D eigenvalue weighted by atomic mass is 10.0. The van der Waals surface area contributed by atoms with Gasteiger partial charge in [0.15, 0.2) is 43.7 Å². The number of thiazole rings is 1. The van der Waals surface area contributed by atoms with Gasteiger partial charge >= 0.3 is 5.97 Å². The van der Waals surface area contributed by atoms with Gasteiger partial charge in [0.2, 0.25) is 0 Å². The predicted molar refractivity (Wildman–Crippen MR) is 159 cm³/mol. The molecule has 1 saturated heterocycles. The van der Waals surface area contributed by atoms with Crippen molar-refractivity contribution >= 4 is 61.6 Å². The first-order valence-corrected chi connectivity index (χ1v) is 16.2. The normalized spacial score (nSPS) is 18.3. The Morgan fingerprint density at radius 2 is 1.78 bits per heavy atom. The van der Waals surface area contributed by atoms with Crippen LogP contribution in [0.3, 0.4) is 0 Å². The summed E-state index contributed by atoms with van der Waals surface area (Å²) in [5.74, 6) is -6.09. The molecule has 2 aliphatic rings. The number of oxime groups is 1. The Hall–Kier alpha value is -5.01. The van der Waals surface area contributed by atoms with Crippen LogP contribution in [0.5, 0.6) is 23.0 Å². The molecule has 1 fully saturated rings. The molecule has 5 rings (SSSR count). The van der Waals surface area contributed by atoms with E-state index >= 15 is 0 Å². The van der Waals surface area contributed by atoms with E-state index in [1.54, 1.807) is 0 Å². The van der Waals surface area contributed by atoms with Crippen LogP contribution < -0.4 is 11.1 Å². The van der Waals surface area contributed by atoms with Crippen LogP contribution >= 0.6 is 23.1 Å². The molecule has 8 N–H and O–H groups in total. The summed E-state index contributed by atoms with van der Waals surface area (Å²) in [6.07, 6.45) is 0. The molecule has 2 aliphatic heterocycles. The van der Waals surface area contributed by atoms with Crippen LogP contribution in [-0.2, 0) is 35.7 Å². The summed E-state index contributed by atoms with van der Waals surface area (Å²) >= 11 is 2.05. The number of aliphatic carboxylic acids is 1. The van der Waals surface area contributed by atoms with E-state index in [4.69, 9.17) is 10.6 Å². The zero-order valence-electron chi connectivity index (χ0n) is 22.6. The second-order valence-electron chi connectivity index (χ2n) is 9.64. The summed E-state index contributed by atoms with van der Waals surface area (Å²) in [7, 11) is -4.19. The summed E-state index contributed by atoms with van der Waals surface area (Å²) in [6.45, 7) is -0.221. The molecule has 1 aromatic heterocycles. The number of nitrogens with zero attached hydrogens (tertiary/aromatic N) is 3. The summed E-state index contributed by atoms with van der Waals surface area (Å²) in [5.41, 5.74) is 5.17. The lowest BCUT2D eigenvalue weighted by molar-refractivity contribution is -0.150. The number of nitrogens with one attached hydrogen (secondary N) is 1. The molecule has 236 valence electrons. The summed E-state index contributed by atoms with van der Waals surface area (Å²) in [4.78, 5) is 48.5. The summed E-state index contributed by atoms with van der Waals surface area (Å²) < 4.78 is 26.0. The number of sulfone groups is 1. The van der Waals surface area contributed by atoms with Crippen LogP contribution in [0, 0.1) is 0 Å². The van der Waals surface area contributed by atoms with Gasteiger partial charge < -0.3 is 41.4 Å². The summed E-state index contributed by atoms with van der Waals surface area (Å²) in [5, 5.41) is 55.3. The molecule has 0 unspecified atom stereocenters. The minimum atomic E-state index is -4.19. The molecule has 2 aromatic carbocycles. The van der Waals surface area contributed by atoms with Crippen LogP contribution in [0.2, 0.25) is 0 Å². The molecule has 3 aromatic rings. The van der Waals surface area contributed by atoms with E-state index in [9.17, 15) is 48.3 Å². The molecule has 2 amide bonds. The van der Waals surface area contributed by atoms with Gasteiger partial charge in [0, 0.05) is 17.2 Å². The van der Waals surface area contributed by atoms with Gasteiger partial charge in [-0.3, -0.25) is 14.5 Å². The number of β-lactam (4-membered cyclic amide) rings is 1. The second kappa shape index (κ2) is 12.2. The van der Waals surface area contributed by atoms with Gasteiger partial charge in [-0.2, -0.15) is 0 Å². The third-order valence-corrected chi connectivity index (χ3v) is 10.3. The van der Waals surface area contributed by atoms with Crippen molar-refractivity contribution in [1.29, 1.82) is 0 Å². The zero-order valence-corrected chi connectivity index (χ0v) is 25.1. The number of phenols is 4. The van der Waals surface area contributed by atoms with Crippen molar-refractivity contribution in [3.8, 4) is 23.0 Å². The smallest absolute Gasteiger partial charge is 0.352 e. The Morgan fingerprint density at radius 3 is 2.40 bits per heavy atom. The SMILES string of the molecule is Nc1nc(C(=NOCc2ccc(O)c(O)c2)C(=O)N[C@@H]2C(=O)N3C(C(=O)O)=C(CS(=O)(=O)c4ccc(O)c(O)c4)CS[C@H]23)cs1. The zero-order chi connectivity index (χ0) is 32.6. The van der Waals surface area contributed by atoms with Crippen LogP contribution in [0.25, 0.3) is 0 Å². The van der Waals surface area contributed by atoms with Gasteiger partial charge in [0.25, 0.3) is 11.8 Å². The van der Waals surface area contributed by atoms with Gasteiger partial charge in [-0.25, -0.2) is 18.2 Å². The average molecular weight is 678 g/mol. The number of anilines is 1. The fraction of sp³-hybridized carbons (Fsp3) is 0.192. The third-order valence-electron chi connectivity index (χ3n) is 6.61. The highest BCUT2D eigenvalue weighted by atomic mass is 32.2. The fourth-order valence-electron chi connectivity index (χ4n) is 4.44. The minimum absolute atomic E-state index is 0.0300. The van der Waals surface area contributed by atoms with E-state index < -0.39 is 67.7 Å². The van der Waals surface area contributed by atoms with Crippen molar-refractivity contribution in [3.05, 3.63) is 64.3 Å². The number of benzene rings is 2. The molecule has 0 bridgehead atoms. The third kappa shape index (κ3) is 6.30. The number of aromatic nitrogens is 1. The van der Waals surface area contributed by atoms with Crippen LogP contribution in [-0.4, -0.2) is 90.3 Å². The molecule has 45 heavy (non-hydrogen) atoms. The number of nitrogens with two attached hydrogens (primary N) is 1. The van der Waals surface area contributed by atoms with E-state index in [1.807, 2.05) is 0 Å². The van der Waals surface area contributed by atoms with Crippen molar-refractivity contribution in [3.63, 3.8) is 0 Å². The molecule has 2 atom stereocenters. The average Bonchev–Trinajstić information content (AvgIpc) is 3.42. The van der Waals surface area contributed by atoms with Crippen LogP contribution in [0.15, 0.2) is 63.1 Å². The van der Waals surface area contributed by atoms with E-state index in [0.717, 1.165) is 46.2 Å². The highest BCUT2D eigenvalue weighted by molar-refractivity contribution is 8.00. The topological polar surface area (TPSA) is 262 Å². The van der Waals surface area contributed by atoms with E-state index in [1.165, 1.54) is 23.6 Å². The number of hydrogen-bond acceptors (Lipinski definition) is 15. The van der Waals surface area contributed by atoms with Gasteiger partial charge in [-0.15, -0.1) is 23.1 Å². The number of thioether (sulfide) groups is 1. The molecule has 19 heteroatoms. The van der Waals surface area contributed by atoms with Crippen molar-refractivity contribution in [2.24, 2.45) is 5.16 Å². The number of rotatable bonds is 10. The molecule has 16 nitrogen and oxygen atoms in total. The van der Waals surface area contributed by atoms with Crippen molar-refractivity contribution in [1.82, 2.24) is 15.2 Å². The number of amides is 2. The highest BCUT2D eigenvalue weighted by Gasteiger charge is 2.54. The van der Waals surface area contributed by atoms with Gasteiger partial charge in [0.1, 0.15) is 29.4 Å². The number of fused-ring (bicyclic) bond motifs is 1. The Balaban J connectivity index is 1.34. The maximum absolute atomic E-state index is 13.3. The standard InChI is InChI=1S/C26H23N5O11S3/c27-26-28-14(9-44-26)19(30-42-7-11-1-3-15(32)17(34)5-11)22(36)29-20-23(37)31-21(25(38)39)12(8-43-24(20)31)10-45(40,41)13-2-4-16(33)18(35)6-13/h1-6,9,20,24,32-35H,7-8,10H2,(H2,27,28)(H,29,36)(H,38,39)/t20-,24-/m1/s1. The van der Waals surface area contributed by atoms with E-state index in [0.29, 0.717) is 5.56 Å². The highest BCUT2D eigenvalue weighted by Crippen LogP contribution is 2.41. The van der Waals surface area contributed by atoms with Crippen LogP contribution in [0.1, 0.15) is 11.3 Å². The monoisotopic (exact) mass is 677 g/mol. The molecular weight excluding hydrogens is 655 g/mol. The van der Waals surface area contributed by atoms with E-state index in [-0.39, 0.29) is 45.1 Å². The number of carboxylic acid groups (broad SMARTS) is 1. The Kier molecular flexibility index (Phi) is 8.50.